The van der Waals surface area contributed by atoms with Gasteiger partial charge < -0.3 is 0 Å². The molecule has 0 heterocycles. The van der Waals surface area contributed by atoms with E-state index in [9.17, 15) is 0 Å². The molecule has 0 radical (unpaired) electrons. The third kappa shape index (κ3) is 13.7. The second kappa shape index (κ2) is 32.5. The zero-order valence-corrected chi connectivity index (χ0v) is 68.3. The summed E-state index contributed by atoms with van der Waals surface area (Å²) in [5.41, 5.74) is 27.5. The van der Waals surface area contributed by atoms with Crippen molar-refractivity contribution >= 4 is 108 Å². The van der Waals surface area contributed by atoms with E-state index in [2.05, 4.69) is 497 Å². The first-order chi connectivity index (χ1) is 61.6. The molecule has 0 bridgehead atoms. The molecule has 0 aliphatic heterocycles. The van der Waals surface area contributed by atoms with Crippen molar-refractivity contribution in [2.45, 2.75) is 0 Å². The number of hydrogen-bond donors (Lipinski definition) is 0. The van der Waals surface area contributed by atoms with Gasteiger partial charge >= 0.3 is 0 Å². The van der Waals surface area contributed by atoms with Gasteiger partial charge in [-0.25, -0.2) is 0 Å². The van der Waals surface area contributed by atoms with E-state index in [1.807, 2.05) is 0 Å². The summed E-state index contributed by atoms with van der Waals surface area (Å²) < 4.78 is 0. The van der Waals surface area contributed by atoms with Gasteiger partial charge in [0.05, 0.1) is 0 Å². The third-order valence-corrected chi connectivity index (χ3v) is 25.1. The Morgan fingerprint density at radius 1 is 0.0806 bits per heavy atom. The second-order valence-corrected chi connectivity index (χ2v) is 32.3. The van der Waals surface area contributed by atoms with Crippen molar-refractivity contribution in [2.24, 2.45) is 0 Å². The summed E-state index contributed by atoms with van der Waals surface area (Å²) in [5.74, 6) is 0. The van der Waals surface area contributed by atoms with E-state index in [4.69, 9.17) is 0 Å². The molecule has 0 unspecified atom stereocenters. The van der Waals surface area contributed by atoms with Crippen LogP contribution in [-0.4, -0.2) is 0 Å². The lowest BCUT2D eigenvalue weighted by atomic mass is 9.83. The summed E-state index contributed by atoms with van der Waals surface area (Å²) in [7, 11) is 0. The molecule has 0 saturated carbocycles. The summed E-state index contributed by atoms with van der Waals surface area (Å²) in [6.45, 7) is 0. The molecule has 578 valence electrons. The quantitative estimate of drug-likeness (QED) is 0.0894. The monoisotopic (exact) mass is 1570 g/mol. The number of rotatable bonds is 11. The Kier molecular flexibility index (Phi) is 19.5. The molecule has 24 aromatic carbocycles. The molecule has 0 nitrogen and oxygen atoms in total. The summed E-state index contributed by atoms with van der Waals surface area (Å²) in [6, 6.07) is 181. The molecular weight excluding hydrogens is 1490 g/mol. The summed E-state index contributed by atoms with van der Waals surface area (Å²) in [4.78, 5) is 0. The Labute approximate surface area is 722 Å². The fourth-order valence-electron chi connectivity index (χ4n) is 19.5. The smallest absolute Gasteiger partial charge is 0.00199 e. The first kappa shape index (κ1) is 74.2. The molecule has 0 N–H and O–H groups in total. The molecule has 0 heteroatoms. The van der Waals surface area contributed by atoms with Crippen LogP contribution in [0.2, 0.25) is 0 Å². The molecule has 0 fully saturated rings. The molecule has 0 amide bonds. The minimum absolute atomic E-state index is 1.22. The van der Waals surface area contributed by atoms with Crippen LogP contribution >= 0.6 is 0 Å². The standard InChI is InChI=1S/C46H30.C42H28.C36H24/c1-3-15-31(16-4-1)34-27-35(32-17-5-2-6-18-32)29-36(28-34)45-40-23-11-13-25-42(40)46(43-26-14-12-24-41(43)45)44-30-33-19-7-8-20-37(33)38-21-9-10-22-39(38)44;1-3-14-29(15-4-1)32-26-33(30-16-5-2-6-17-30)28-34(27-32)41-37-21-9-11-23-39(37)42(40-24-12-10-22-38(40)41)36-25-13-19-31-18-7-8-20-35(31)36;1-2-12-27(13-3-1)35-31-16-6-8-18-33(31)36(34-19-9-7-17-32(34)35)28-23-21-26(22-24-28)30-20-10-14-25-11-4-5-15-29(25)30/h1-30H;1-28H;1-24H. The first-order valence-corrected chi connectivity index (χ1v) is 42.9. The normalized spacial score (nSPS) is 11.4. The van der Waals surface area contributed by atoms with Gasteiger partial charge in [0.2, 0.25) is 0 Å². The minimum Gasteiger partial charge on any atom is -0.0622 e. The molecule has 0 saturated heterocycles. The molecule has 24 rings (SSSR count). The number of hydrogen-bond acceptors (Lipinski definition) is 0. The van der Waals surface area contributed by atoms with Crippen molar-refractivity contribution in [2.75, 3.05) is 0 Å². The van der Waals surface area contributed by atoms with Crippen LogP contribution in [0, 0.1) is 0 Å². The molecular formula is C124H82. The fourth-order valence-corrected chi connectivity index (χ4v) is 19.5. The number of benzene rings is 24. The van der Waals surface area contributed by atoms with Gasteiger partial charge in [0.1, 0.15) is 0 Å². The second-order valence-electron chi connectivity index (χ2n) is 32.3. The van der Waals surface area contributed by atoms with Gasteiger partial charge in [0.25, 0.3) is 0 Å². The first-order valence-electron chi connectivity index (χ1n) is 42.9. The maximum Gasteiger partial charge on any atom is -0.00199 e. The average Bonchev–Trinajstić information content (AvgIpc) is 0.760. The van der Waals surface area contributed by atoms with Crippen LogP contribution in [0.4, 0.5) is 0 Å². The fraction of sp³-hybridized carbons (Fsp3) is 0. The average molecular weight is 1570 g/mol. The predicted octanol–water partition coefficient (Wildman–Crippen LogP) is 34.9. The Morgan fingerprint density at radius 3 is 0.653 bits per heavy atom. The van der Waals surface area contributed by atoms with Crippen molar-refractivity contribution in [1.82, 2.24) is 0 Å². The van der Waals surface area contributed by atoms with Crippen LogP contribution in [0.15, 0.2) is 497 Å². The van der Waals surface area contributed by atoms with E-state index in [1.165, 1.54) is 230 Å². The van der Waals surface area contributed by atoms with Gasteiger partial charge in [-0.3, -0.25) is 0 Å². The van der Waals surface area contributed by atoms with Crippen LogP contribution in [-0.2, 0) is 0 Å². The summed E-state index contributed by atoms with van der Waals surface area (Å²) in [5, 5.41) is 25.5. The van der Waals surface area contributed by atoms with Crippen molar-refractivity contribution in [3.8, 4) is 122 Å². The Morgan fingerprint density at radius 2 is 0.298 bits per heavy atom. The van der Waals surface area contributed by atoms with Crippen LogP contribution in [0.25, 0.3) is 230 Å². The minimum atomic E-state index is 1.22. The van der Waals surface area contributed by atoms with Gasteiger partial charge in [-0.05, 0) is 273 Å². The van der Waals surface area contributed by atoms with E-state index in [-0.39, 0.29) is 0 Å². The van der Waals surface area contributed by atoms with Crippen LogP contribution in [0.1, 0.15) is 0 Å². The van der Waals surface area contributed by atoms with Gasteiger partial charge in [-0.2, -0.15) is 0 Å². The summed E-state index contributed by atoms with van der Waals surface area (Å²) in [6.07, 6.45) is 0. The number of fused-ring (bicyclic) bond motifs is 11. The lowest BCUT2D eigenvalue weighted by Crippen LogP contribution is -1.93. The van der Waals surface area contributed by atoms with E-state index in [0.29, 0.717) is 0 Å². The molecule has 0 aliphatic rings. The molecule has 0 atom stereocenters. The SMILES string of the molecule is c1ccc(-c2c3ccccc3c(-c3ccc(-c4cccc5ccccc45)cc3)c3ccccc23)cc1.c1ccc(-c2cc(-c3ccccc3)cc(-c3c4ccccc4c(-c4cc5ccccc5c5ccccc45)c4ccccc34)c2)cc1.c1ccc(-c2cc(-c3ccccc3)cc(-c3c4ccccc4c(-c4cccc5ccccc45)c4ccccc34)c2)cc1. The maximum absolute atomic E-state index is 2.40. The summed E-state index contributed by atoms with van der Waals surface area (Å²) >= 11 is 0. The van der Waals surface area contributed by atoms with Gasteiger partial charge in [0.15, 0.2) is 0 Å². The zero-order chi connectivity index (χ0) is 82.2. The molecule has 24 aromatic rings. The van der Waals surface area contributed by atoms with E-state index in [1.54, 1.807) is 0 Å². The zero-order valence-electron chi connectivity index (χ0n) is 68.3. The van der Waals surface area contributed by atoms with E-state index in [0.717, 1.165) is 0 Å². The van der Waals surface area contributed by atoms with Crippen molar-refractivity contribution < 1.29 is 0 Å². The molecule has 0 aliphatic carbocycles. The molecule has 0 spiro atoms. The lowest BCUT2D eigenvalue weighted by Gasteiger charge is -2.20. The Bertz CT molecular complexity index is 7870. The lowest BCUT2D eigenvalue weighted by molar-refractivity contribution is 1.58. The van der Waals surface area contributed by atoms with Crippen molar-refractivity contribution in [3.05, 3.63) is 497 Å². The van der Waals surface area contributed by atoms with Crippen LogP contribution in [0.5, 0.6) is 0 Å². The van der Waals surface area contributed by atoms with Crippen LogP contribution < -0.4 is 0 Å². The molecule has 0 aromatic heterocycles. The Balaban J connectivity index is 0.000000111. The Hall–Kier alpha value is -16.1. The van der Waals surface area contributed by atoms with Gasteiger partial charge in [-0.15, -0.1) is 0 Å². The largest absolute Gasteiger partial charge is 0.0622 e. The van der Waals surface area contributed by atoms with Crippen molar-refractivity contribution in [3.63, 3.8) is 0 Å². The topological polar surface area (TPSA) is 0 Å². The third-order valence-electron chi connectivity index (χ3n) is 25.1. The highest BCUT2D eigenvalue weighted by molar-refractivity contribution is 6.28. The highest BCUT2D eigenvalue weighted by Gasteiger charge is 2.24. The van der Waals surface area contributed by atoms with Gasteiger partial charge in [0, 0.05) is 0 Å². The van der Waals surface area contributed by atoms with Crippen LogP contribution in [0.3, 0.4) is 0 Å². The van der Waals surface area contributed by atoms with E-state index >= 15 is 0 Å². The predicted molar refractivity (Wildman–Crippen MR) is 534 cm³/mol. The van der Waals surface area contributed by atoms with Gasteiger partial charge in [-0.1, -0.05) is 455 Å². The molecule has 124 heavy (non-hydrogen) atoms. The highest BCUT2D eigenvalue weighted by Crippen LogP contribution is 2.51. The maximum atomic E-state index is 2.40. The van der Waals surface area contributed by atoms with Crippen molar-refractivity contribution in [1.29, 1.82) is 0 Å². The van der Waals surface area contributed by atoms with E-state index < -0.39 is 0 Å². The highest BCUT2D eigenvalue weighted by atomic mass is 14.3.